The molecule has 3 aromatic rings. The Morgan fingerprint density at radius 1 is 1.15 bits per heavy atom. The molecule has 0 aliphatic heterocycles. The second-order valence-electron chi connectivity index (χ2n) is 5.60. The molecule has 0 aliphatic rings. The highest BCUT2D eigenvalue weighted by molar-refractivity contribution is 6.30. The first-order valence-corrected chi connectivity index (χ1v) is 8.06. The Bertz CT molecular complexity index is 1010. The average Bonchev–Trinajstić information content (AvgIpc) is 3.04. The van der Waals surface area contributed by atoms with Crippen LogP contribution < -0.4 is 0 Å². The van der Waals surface area contributed by atoms with Gasteiger partial charge in [0.25, 0.3) is 0 Å². The van der Waals surface area contributed by atoms with Crippen molar-refractivity contribution in [1.82, 2.24) is 9.78 Å². The van der Waals surface area contributed by atoms with Gasteiger partial charge in [-0.2, -0.15) is 18.3 Å². The quantitative estimate of drug-likeness (QED) is 0.612. The van der Waals surface area contributed by atoms with Gasteiger partial charge in [-0.15, -0.1) is 0 Å². The van der Waals surface area contributed by atoms with E-state index in [-0.39, 0.29) is 5.69 Å². The Balaban J connectivity index is 2.11. The number of carboxylic acid groups (broad SMARTS) is 1. The van der Waals surface area contributed by atoms with Gasteiger partial charge in [-0.3, -0.25) is 0 Å². The summed E-state index contributed by atoms with van der Waals surface area (Å²) in [6, 6.07) is 11.4. The molecule has 0 spiro atoms. The van der Waals surface area contributed by atoms with E-state index >= 15 is 0 Å². The third-order valence-electron chi connectivity index (χ3n) is 3.70. The third kappa shape index (κ3) is 4.38. The molecule has 138 valence electrons. The molecule has 0 bridgehead atoms. The van der Waals surface area contributed by atoms with Crippen LogP contribution in [0.15, 0.2) is 60.8 Å². The first-order chi connectivity index (χ1) is 12.7. The van der Waals surface area contributed by atoms with Crippen LogP contribution in [0, 0.1) is 0 Å². The molecule has 3 rings (SSSR count). The summed E-state index contributed by atoms with van der Waals surface area (Å²) in [6.07, 6.45) is -0.733. The molecule has 1 aromatic heterocycles. The number of carbonyl (C=O) groups is 1. The molecule has 0 amide bonds. The molecule has 2 aromatic carbocycles. The van der Waals surface area contributed by atoms with Crippen LogP contribution in [0.2, 0.25) is 5.02 Å². The molecular formula is C19H12ClF3N2O2. The van der Waals surface area contributed by atoms with Crippen molar-refractivity contribution in [3.05, 3.63) is 77.0 Å². The fraction of sp³-hybridized carbons (Fsp3) is 0.0526. The monoisotopic (exact) mass is 392 g/mol. The van der Waals surface area contributed by atoms with Gasteiger partial charge in [-0.1, -0.05) is 29.8 Å². The number of hydrogen-bond acceptors (Lipinski definition) is 2. The lowest BCUT2D eigenvalue weighted by molar-refractivity contribution is -0.137. The van der Waals surface area contributed by atoms with E-state index in [1.807, 2.05) is 0 Å². The van der Waals surface area contributed by atoms with E-state index in [9.17, 15) is 18.0 Å². The molecule has 0 unspecified atom stereocenters. The molecule has 0 saturated carbocycles. The van der Waals surface area contributed by atoms with Gasteiger partial charge in [-0.25, -0.2) is 9.48 Å². The minimum atomic E-state index is -4.48. The smallest absolute Gasteiger partial charge is 0.416 e. The molecule has 8 heteroatoms. The number of rotatable bonds is 4. The van der Waals surface area contributed by atoms with Gasteiger partial charge in [0, 0.05) is 28.4 Å². The first kappa shape index (κ1) is 18.7. The molecule has 0 fully saturated rings. The van der Waals surface area contributed by atoms with Crippen molar-refractivity contribution in [1.29, 1.82) is 0 Å². The Morgan fingerprint density at radius 3 is 2.48 bits per heavy atom. The summed E-state index contributed by atoms with van der Waals surface area (Å²) < 4.78 is 40.2. The second-order valence-corrected chi connectivity index (χ2v) is 6.04. The predicted molar refractivity (Wildman–Crippen MR) is 95.7 cm³/mol. The van der Waals surface area contributed by atoms with Gasteiger partial charge in [0.15, 0.2) is 0 Å². The molecule has 27 heavy (non-hydrogen) atoms. The van der Waals surface area contributed by atoms with Gasteiger partial charge < -0.3 is 5.11 Å². The molecule has 0 atom stereocenters. The highest BCUT2D eigenvalue weighted by Crippen LogP contribution is 2.31. The third-order valence-corrected chi connectivity index (χ3v) is 3.96. The Kier molecular flexibility index (Phi) is 5.05. The minimum Gasteiger partial charge on any atom is -0.478 e. The summed E-state index contributed by atoms with van der Waals surface area (Å²) in [5, 5.41) is 13.7. The lowest BCUT2D eigenvalue weighted by atomic mass is 10.1. The molecule has 1 N–H and O–H groups in total. The highest BCUT2D eigenvalue weighted by Gasteiger charge is 2.30. The Hall–Kier alpha value is -3.06. The maximum Gasteiger partial charge on any atom is 0.416 e. The highest BCUT2D eigenvalue weighted by atomic mass is 35.5. The van der Waals surface area contributed by atoms with Gasteiger partial charge in [0.05, 0.1) is 16.9 Å². The zero-order valence-corrected chi connectivity index (χ0v) is 14.4. The van der Waals surface area contributed by atoms with Crippen molar-refractivity contribution in [2.45, 2.75) is 6.18 Å². The van der Waals surface area contributed by atoms with E-state index in [0.717, 1.165) is 18.2 Å². The number of alkyl halides is 3. The summed E-state index contributed by atoms with van der Waals surface area (Å²) in [4.78, 5) is 10.8. The van der Waals surface area contributed by atoms with E-state index in [2.05, 4.69) is 5.10 Å². The molecule has 4 nitrogen and oxygen atoms in total. The van der Waals surface area contributed by atoms with Crippen LogP contribution in [0.3, 0.4) is 0 Å². The number of nitrogens with zero attached hydrogens (tertiary/aromatic N) is 2. The number of hydrogen-bond donors (Lipinski definition) is 1. The maximum atomic E-state index is 13.0. The SMILES string of the molecule is O=C(O)/C=C/c1cn(-c2cccc(C(F)(F)F)c2)nc1-c1ccc(Cl)cc1. The lowest BCUT2D eigenvalue weighted by Gasteiger charge is -2.08. The lowest BCUT2D eigenvalue weighted by Crippen LogP contribution is -2.06. The van der Waals surface area contributed by atoms with Crippen LogP contribution in [0.5, 0.6) is 0 Å². The Morgan fingerprint density at radius 2 is 1.85 bits per heavy atom. The topological polar surface area (TPSA) is 55.1 Å². The number of halogens is 4. The molecule has 0 saturated heterocycles. The van der Waals surface area contributed by atoms with Gasteiger partial charge in [0.1, 0.15) is 0 Å². The normalized spacial score (nSPS) is 11.9. The minimum absolute atomic E-state index is 0.204. The molecular weight excluding hydrogens is 381 g/mol. The fourth-order valence-corrected chi connectivity index (χ4v) is 2.59. The number of benzene rings is 2. The van der Waals surface area contributed by atoms with E-state index in [1.165, 1.54) is 29.1 Å². The predicted octanol–water partition coefficient (Wildman–Crippen LogP) is 5.31. The zero-order valence-electron chi connectivity index (χ0n) is 13.6. The molecule has 0 aliphatic carbocycles. The van der Waals surface area contributed by atoms with Crippen LogP contribution in [0.1, 0.15) is 11.1 Å². The standard InChI is InChI=1S/C19H12ClF3N2O2/c20-15-7-4-12(5-8-15)18-13(6-9-17(26)27)11-25(24-18)16-3-1-2-14(10-16)19(21,22)23/h1-11H,(H,26,27)/b9-6+. The number of aromatic nitrogens is 2. The Labute approximate surface area is 157 Å². The summed E-state index contributed by atoms with van der Waals surface area (Å²) >= 11 is 5.88. The summed E-state index contributed by atoms with van der Waals surface area (Å²) in [7, 11) is 0. The summed E-state index contributed by atoms with van der Waals surface area (Å²) in [5.74, 6) is -1.15. The van der Waals surface area contributed by atoms with Gasteiger partial charge in [-0.05, 0) is 36.4 Å². The van der Waals surface area contributed by atoms with Crippen molar-refractivity contribution in [2.75, 3.05) is 0 Å². The van der Waals surface area contributed by atoms with E-state index in [0.29, 0.717) is 21.8 Å². The van der Waals surface area contributed by atoms with E-state index < -0.39 is 17.7 Å². The largest absolute Gasteiger partial charge is 0.478 e. The van der Waals surface area contributed by atoms with Crippen molar-refractivity contribution in [3.63, 3.8) is 0 Å². The van der Waals surface area contributed by atoms with Crippen LogP contribution in [-0.2, 0) is 11.0 Å². The van der Waals surface area contributed by atoms with Crippen LogP contribution in [0.4, 0.5) is 13.2 Å². The zero-order chi connectivity index (χ0) is 19.6. The maximum absolute atomic E-state index is 13.0. The van der Waals surface area contributed by atoms with E-state index in [4.69, 9.17) is 16.7 Å². The van der Waals surface area contributed by atoms with Gasteiger partial charge >= 0.3 is 12.1 Å². The van der Waals surface area contributed by atoms with Crippen LogP contribution in [0.25, 0.3) is 23.0 Å². The van der Waals surface area contributed by atoms with Crippen molar-refractivity contribution < 1.29 is 23.1 Å². The molecule has 1 heterocycles. The average molecular weight is 393 g/mol. The second kappa shape index (κ2) is 7.28. The number of carboxylic acids is 1. The summed E-state index contributed by atoms with van der Waals surface area (Å²) in [6.45, 7) is 0. The van der Waals surface area contributed by atoms with Crippen LogP contribution >= 0.6 is 11.6 Å². The molecule has 0 radical (unpaired) electrons. The summed E-state index contributed by atoms with van der Waals surface area (Å²) in [5.41, 5.74) is 0.912. The fourth-order valence-electron chi connectivity index (χ4n) is 2.46. The van der Waals surface area contributed by atoms with E-state index in [1.54, 1.807) is 24.3 Å². The van der Waals surface area contributed by atoms with Crippen molar-refractivity contribution in [3.8, 4) is 16.9 Å². The van der Waals surface area contributed by atoms with Crippen molar-refractivity contribution >= 4 is 23.6 Å². The first-order valence-electron chi connectivity index (χ1n) is 7.68. The van der Waals surface area contributed by atoms with Gasteiger partial charge in [0.2, 0.25) is 0 Å². The van der Waals surface area contributed by atoms with Crippen molar-refractivity contribution in [2.24, 2.45) is 0 Å². The van der Waals surface area contributed by atoms with Crippen LogP contribution in [-0.4, -0.2) is 20.9 Å². The number of aliphatic carboxylic acids is 1.